The summed E-state index contributed by atoms with van der Waals surface area (Å²) in [6.45, 7) is -0.0641. The average Bonchev–Trinajstić information content (AvgIpc) is 2.10. The van der Waals surface area contributed by atoms with Crippen LogP contribution in [0.1, 0.15) is 0 Å². The molecular weight excluding hydrogens is 390 g/mol. The van der Waals surface area contributed by atoms with Gasteiger partial charge in [-0.2, -0.15) is 0 Å². The molecule has 59 valence electrons. The molecule has 3 atom stereocenters. The van der Waals surface area contributed by atoms with E-state index in [2.05, 4.69) is 0 Å². The van der Waals surface area contributed by atoms with Gasteiger partial charge < -0.3 is 15.6 Å². The summed E-state index contributed by atoms with van der Waals surface area (Å²) in [6.07, 6.45) is 1.36. The van der Waals surface area contributed by atoms with Crippen LogP contribution in [-0.4, -0.2) is 37.7 Å². The summed E-state index contributed by atoms with van der Waals surface area (Å²) in [7, 11) is 5.32. The fourth-order valence-corrected chi connectivity index (χ4v) is 0.846. The Bertz CT molecular complexity index is 110. The van der Waals surface area contributed by atoms with Crippen molar-refractivity contribution in [1.82, 2.24) is 0 Å². The normalized spacial score (nSPS) is 35.6. The van der Waals surface area contributed by atoms with E-state index in [4.69, 9.17) is 23.4 Å². The zero-order valence-corrected chi connectivity index (χ0v) is 11.8. The van der Waals surface area contributed by atoms with Crippen LogP contribution in [0, 0.1) is 6.42 Å². The van der Waals surface area contributed by atoms with Crippen LogP contribution < -0.4 is 5.73 Å². The van der Waals surface area contributed by atoms with Crippen molar-refractivity contribution in [2.24, 2.45) is 5.73 Å². The van der Waals surface area contributed by atoms with E-state index in [-0.39, 0.29) is 72.5 Å². The van der Waals surface area contributed by atoms with E-state index in [1.54, 1.807) is 6.42 Å². The molecule has 0 aliphatic carbocycles. The molecule has 1 rings (SSSR count). The van der Waals surface area contributed by atoms with Gasteiger partial charge in [0.2, 0.25) is 0 Å². The first-order chi connectivity index (χ1) is 4.24. The Morgan fingerprint density at radius 1 is 1.64 bits per heavy atom. The molecule has 3 radical (unpaired) electrons. The van der Waals surface area contributed by atoms with Crippen molar-refractivity contribution in [2.45, 2.75) is 18.1 Å². The van der Waals surface area contributed by atoms with Gasteiger partial charge in [-0.25, -0.2) is 0 Å². The molecule has 1 saturated heterocycles. The predicted octanol–water partition coefficient (Wildman–Crippen LogP) is -1.60. The van der Waals surface area contributed by atoms with E-state index in [1.807, 2.05) is 0 Å². The van der Waals surface area contributed by atoms with Gasteiger partial charge >= 0.3 is 0 Å². The molecule has 11 heavy (non-hydrogen) atoms. The van der Waals surface area contributed by atoms with Crippen molar-refractivity contribution in [3.8, 4) is 0 Å². The number of nitrogens with two attached hydrogens (primary N) is 1. The van der Waals surface area contributed by atoms with Crippen molar-refractivity contribution in [1.29, 1.82) is 0 Å². The molecule has 0 unspecified atom stereocenters. The summed E-state index contributed by atoms with van der Waals surface area (Å²) in [5.74, 6) is 0. The van der Waals surface area contributed by atoms with Gasteiger partial charge in [0.05, 0.1) is 20.6 Å². The van der Waals surface area contributed by atoms with Crippen LogP contribution in [0.4, 0.5) is 0 Å². The minimum Gasteiger partial charge on any atom is -0.414 e. The van der Waals surface area contributed by atoms with Crippen LogP contribution in [0.15, 0.2) is 0 Å². The topological polar surface area (TPSA) is 55.5 Å². The SMILES string of the molecule is [B][C@H]1[CH-][C@@H](N)[C@@H](CO)O1.[W].[Y]. The third-order valence-electron chi connectivity index (χ3n) is 1.35. The molecule has 3 N–H and O–H groups in total. The summed E-state index contributed by atoms with van der Waals surface area (Å²) in [6, 6.07) is -0.623. The van der Waals surface area contributed by atoms with Gasteiger partial charge in [-0.3, -0.25) is 6.42 Å². The molecule has 0 amide bonds. The van der Waals surface area contributed by atoms with E-state index in [1.165, 1.54) is 0 Å². The second-order valence-corrected chi connectivity index (χ2v) is 2.09. The Balaban J connectivity index is 0. The quantitative estimate of drug-likeness (QED) is 0.413. The molecule has 0 saturated carbocycles. The van der Waals surface area contributed by atoms with Crippen molar-refractivity contribution in [3.05, 3.63) is 6.42 Å². The molecule has 0 aromatic carbocycles. The third kappa shape index (κ3) is 4.49. The summed E-state index contributed by atoms with van der Waals surface area (Å²) >= 11 is 0. The molecule has 1 aliphatic heterocycles. The molecule has 6 heteroatoms. The number of ether oxygens (including phenoxy) is 1. The van der Waals surface area contributed by atoms with E-state index < -0.39 is 6.00 Å². The van der Waals surface area contributed by atoms with Crippen LogP contribution in [0.2, 0.25) is 0 Å². The van der Waals surface area contributed by atoms with Crippen LogP contribution in [0.25, 0.3) is 0 Å². The predicted molar refractivity (Wildman–Crippen MR) is 33.8 cm³/mol. The summed E-state index contributed by atoms with van der Waals surface area (Å²) in [5.41, 5.74) is 5.46. The zero-order valence-electron chi connectivity index (χ0n) is 6.01. The minimum atomic E-state index is -0.405. The first-order valence-electron chi connectivity index (χ1n) is 2.86. The average molecular weight is 399 g/mol. The monoisotopic (exact) mass is 399 g/mol. The number of hydrogen-bond acceptors (Lipinski definition) is 3. The first kappa shape index (κ1) is 15.2. The molecule has 1 aliphatic rings. The molecule has 0 bridgehead atoms. The van der Waals surface area contributed by atoms with Crippen LogP contribution >= 0.6 is 0 Å². The molecule has 0 aromatic rings. The molecule has 1 fully saturated rings. The maximum absolute atomic E-state index is 8.57. The Hall–Kier alpha value is 1.74. The van der Waals surface area contributed by atoms with E-state index >= 15 is 0 Å². The van der Waals surface area contributed by atoms with Crippen molar-refractivity contribution in [2.75, 3.05) is 6.61 Å². The third-order valence-corrected chi connectivity index (χ3v) is 1.35. The van der Waals surface area contributed by atoms with E-state index in [0.717, 1.165) is 0 Å². The zero-order chi connectivity index (χ0) is 6.85. The van der Waals surface area contributed by atoms with Gasteiger partial charge in [0.15, 0.2) is 0 Å². The molecule has 0 spiro atoms. The fraction of sp³-hybridized carbons (Fsp3) is 0.800. The van der Waals surface area contributed by atoms with Crippen LogP contribution in [-0.2, 0) is 58.5 Å². The standard InChI is InChI=1S/C5H9BNO2.W.Y/c6-5-1-3(7)4(2-8)9-5;;/h1,3-5,8H,2,7H2;;/q-1;;/t3-,4-,5-;;/m1../s1. The largest absolute Gasteiger partial charge is 0.414 e. The van der Waals surface area contributed by atoms with Crippen molar-refractivity contribution < 1.29 is 63.6 Å². The minimum absolute atomic E-state index is 0. The van der Waals surface area contributed by atoms with E-state index in [9.17, 15) is 0 Å². The summed E-state index contributed by atoms with van der Waals surface area (Å²) in [4.78, 5) is 0. The number of rotatable bonds is 1. The van der Waals surface area contributed by atoms with E-state index in [0.29, 0.717) is 0 Å². The van der Waals surface area contributed by atoms with Crippen LogP contribution in [0.3, 0.4) is 0 Å². The molecule has 3 nitrogen and oxygen atoms in total. The number of aliphatic hydroxyl groups is 1. The van der Waals surface area contributed by atoms with Crippen LogP contribution in [0.5, 0.6) is 0 Å². The maximum atomic E-state index is 8.57. The number of aliphatic hydroxyl groups excluding tert-OH is 1. The smallest absolute Gasteiger partial charge is 0.0681 e. The summed E-state index contributed by atoms with van der Waals surface area (Å²) < 4.78 is 4.97. The van der Waals surface area contributed by atoms with Gasteiger partial charge in [0, 0.05) is 53.8 Å². The van der Waals surface area contributed by atoms with Gasteiger partial charge in [0.1, 0.15) is 0 Å². The van der Waals surface area contributed by atoms with Gasteiger partial charge in [0.25, 0.3) is 0 Å². The first-order valence-corrected chi connectivity index (χ1v) is 2.86. The van der Waals surface area contributed by atoms with Gasteiger partial charge in [-0.1, -0.05) is 12.0 Å². The van der Waals surface area contributed by atoms with Crippen molar-refractivity contribution in [3.63, 3.8) is 0 Å². The van der Waals surface area contributed by atoms with Gasteiger partial charge in [-0.05, 0) is 0 Å². The Morgan fingerprint density at radius 3 is 2.36 bits per heavy atom. The molecule has 1 heterocycles. The second-order valence-electron chi connectivity index (χ2n) is 2.09. The Labute approximate surface area is 107 Å². The fourth-order valence-electron chi connectivity index (χ4n) is 0.846. The Morgan fingerprint density at radius 2 is 2.18 bits per heavy atom. The number of hydrogen-bond donors (Lipinski definition) is 2. The summed E-state index contributed by atoms with van der Waals surface area (Å²) in [5, 5.41) is 8.57. The maximum Gasteiger partial charge on any atom is 0.0681 e. The Kier molecular flexibility index (Phi) is 9.92. The van der Waals surface area contributed by atoms with Gasteiger partial charge in [-0.15, -0.1) is 0 Å². The second kappa shape index (κ2) is 7.17. The molecule has 0 aromatic heterocycles. The molecular formula is C5H9BNO2WY-. The van der Waals surface area contributed by atoms with Crippen molar-refractivity contribution >= 4 is 7.85 Å².